The van der Waals surface area contributed by atoms with E-state index in [9.17, 15) is 9.90 Å². The van der Waals surface area contributed by atoms with E-state index in [0.29, 0.717) is 97.9 Å². The van der Waals surface area contributed by atoms with Gasteiger partial charge in [0, 0.05) is 70.3 Å². The molecule has 1 aliphatic heterocycles. The van der Waals surface area contributed by atoms with Crippen molar-refractivity contribution >= 4 is 73.9 Å². The van der Waals surface area contributed by atoms with Gasteiger partial charge in [0.15, 0.2) is 0 Å². The van der Waals surface area contributed by atoms with Crippen molar-refractivity contribution in [1.29, 1.82) is 5.41 Å². The second-order valence-electron chi connectivity index (χ2n) is 15.8. The van der Waals surface area contributed by atoms with Gasteiger partial charge in [0.2, 0.25) is 0 Å². The number of aromatic nitrogens is 3. The molecule has 1 atom stereocenters. The van der Waals surface area contributed by atoms with Gasteiger partial charge in [-0.1, -0.05) is 29.3 Å². The van der Waals surface area contributed by atoms with Crippen LogP contribution in [0.4, 0.5) is 5.69 Å². The molecule has 7 rings (SSSR count). The van der Waals surface area contributed by atoms with Gasteiger partial charge in [-0.05, 0) is 119 Å². The number of amides is 1. The molecule has 324 valence electrons. The molecule has 0 spiro atoms. The summed E-state index contributed by atoms with van der Waals surface area (Å²) >= 11 is 13.5. The van der Waals surface area contributed by atoms with E-state index >= 15 is 4.79 Å². The summed E-state index contributed by atoms with van der Waals surface area (Å²) in [6, 6.07) is 16.2. The Balaban J connectivity index is 1.43. The highest BCUT2D eigenvalue weighted by Gasteiger charge is 2.38. The molecule has 62 heavy (non-hydrogen) atoms. The molecule has 0 radical (unpaired) electrons. The number of carboxylic acid groups (broad SMARTS) is 1. The molecule has 5 N–H and O–H groups in total. The predicted molar refractivity (Wildman–Crippen MR) is 246 cm³/mol. The number of halogens is 2. The number of nitrogens with two attached hydrogens (primary N) is 1. The van der Waals surface area contributed by atoms with Crippen molar-refractivity contribution in [2.45, 2.75) is 67.0 Å². The van der Waals surface area contributed by atoms with Gasteiger partial charge in [-0.25, -0.2) is 4.79 Å². The summed E-state index contributed by atoms with van der Waals surface area (Å²) in [6.45, 7) is 12.6. The number of hydrogen-bond donors (Lipinski definition) is 4. The molecular formula is C47H51Cl2N7O6. The topological polar surface area (TPSA) is 170 Å². The van der Waals surface area contributed by atoms with Crippen LogP contribution in [0.1, 0.15) is 87.7 Å². The summed E-state index contributed by atoms with van der Waals surface area (Å²) in [5.74, 6) is 5.72. The number of fused-ring (bicyclic) bond motifs is 4. The van der Waals surface area contributed by atoms with Gasteiger partial charge in [0.05, 0.1) is 47.2 Å². The van der Waals surface area contributed by atoms with Crippen LogP contribution in [0.3, 0.4) is 0 Å². The van der Waals surface area contributed by atoms with Gasteiger partial charge < -0.3 is 44.2 Å². The summed E-state index contributed by atoms with van der Waals surface area (Å²) < 4.78 is 21.4. The van der Waals surface area contributed by atoms with E-state index in [1.807, 2.05) is 62.6 Å². The molecule has 0 saturated carbocycles. The summed E-state index contributed by atoms with van der Waals surface area (Å²) in [5.41, 5.74) is 11.2. The Morgan fingerprint density at radius 3 is 2.35 bits per heavy atom. The zero-order valence-electron chi connectivity index (χ0n) is 35.9. The molecule has 6 aromatic rings. The van der Waals surface area contributed by atoms with Crippen molar-refractivity contribution in [1.82, 2.24) is 19.5 Å². The predicted octanol–water partition coefficient (Wildman–Crippen LogP) is 9.46. The lowest BCUT2D eigenvalue weighted by Gasteiger charge is -2.35. The Kier molecular flexibility index (Phi) is 13.0. The number of carboxylic acids is 1. The van der Waals surface area contributed by atoms with E-state index in [1.165, 1.54) is 0 Å². The van der Waals surface area contributed by atoms with Crippen LogP contribution in [0.15, 0.2) is 66.5 Å². The summed E-state index contributed by atoms with van der Waals surface area (Å²) in [4.78, 5) is 34.8. The van der Waals surface area contributed by atoms with Crippen LogP contribution in [0.2, 0.25) is 10.0 Å². The van der Waals surface area contributed by atoms with Gasteiger partial charge >= 0.3 is 5.97 Å². The van der Waals surface area contributed by atoms with Crippen LogP contribution in [-0.4, -0.2) is 70.3 Å². The maximum atomic E-state index is 15.6. The minimum absolute atomic E-state index is 0.0430. The van der Waals surface area contributed by atoms with Crippen LogP contribution in [0.5, 0.6) is 11.5 Å². The molecular weight excluding hydrogens is 829 g/mol. The molecule has 4 heterocycles. The van der Waals surface area contributed by atoms with Crippen molar-refractivity contribution in [3.05, 3.63) is 121 Å². The number of anilines is 1. The summed E-state index contributed by atoms with van der Waals surface area (Å²) in [7, 11) is 1.58. The number of hydrogen-bond acceptors (Lipinski definition) is 9. The Morgan fingerprint density at radius 2 is 1.69 bits per heavy atom. The number of nitrogens with zero attached hydrogens (tertiary/aromatic N) is 4. The number of carbonyl (C=O) groups is 2. The lowest BCUT2D eigenvalue weighted by Crippen LogP contribution is -2.43. The Bertz CT molecular complexity index is 2770. The lowest BCUT2D eigenvalue weighted by molar-refractivity contribution is 0.0686. The van der Waals surface area contributed by atoms with Gasteiger partial charge in [-0.15, -0.1) is 0 Å². The largest absolute Gasteiger partial charge is 0.494 e. The third-order valence-corrected chi connectivity index (χ3v) is 12.2. The van der Waals surface area contributed by atoms with Crippen LogP contribution >= 0.6 is 23.2 Å². The van der Waals surface area contributed by atoms with E-state index in [0.717, 1.165) is 27.6 Å². The molecule has 0 unspecified atom stereocenters. The number of ether oxygens (including phenoxy) is 3. The van der Waals surface area contributed by atoms with Crippen LogP contribution < -0.4 is 25.6 Å². The monoisotopic (exact) mass is 879 g/mol. The zero-order chi connectivity index (χ0) is 44.6. The van der Waals surface area contributed by atoms with Crippen molar-refractivity contribution in [2.75, 3.05) is 38.4 Å². The number of pyridine rings is 1. The van der Waals surface area contributed by atoms with E-state index in [4.69, 9.17) is 48.7 Å². The molecule has 13 nitrogen and oxygen atoms in total. The zero-order valence-corrected chi connectivity index (χ0v) is 37.4. The highest BCUT2D eigenvalue weighted by Crippen LogP contribution is 2.44. The molecule has 1 aliphatic rings. The Labute approximate surface area is 370 Å². The number of aromatic carboxylic acids is 1. The van der Waals surface area contributed by atoms with Gasteiger partial charge in [0.25, 0.3) is 5.91 Å². The lowest BCUT2D eigenvalue weighted by atomic mass is 9.96. The fourth-order valence-electron chi connectivity index (χ4n) is 8.61. The number of allylic oxidation sites excluding steroid dienone is 2. The van der Waals surface area contributed by atoms with Crippen LogP contribution in [0, 0.1) is 26.2 Å². The first-order chi connectivity index (χ1) is 29.6. The van der Waals surface area contributed by atoms with Gasteiger partial charge in [-0.2, -0.15) is 0 Å². The third kappa shape index (κ3) is 8.37. The van der Waals surface area contributed by atoms with E-state index in [-0.39, 0.29) is 43.1 Å². The Hall–Kier alpha value is -5.86. The molecule has 0 saturated heterocycles. The fraction of sp³-hybridized carbons (Fsp3) is 0.319. The van der Waals surface area contributed by atoms with Crippen molar-refractivity contribution in [3.63, 3.8) is 0 Å². The average molecular weight is 881 g/mol. The first kappa shape index (κ1) is 44.2. The molecule has 15 heteroatoms. The number of hydrazine groups is 1. The van der Waals surface area contributed by atoms with Crippen LogP contribution in [0.25, 0.3) is 27.4 Å². The highest BCUT2D eigenvalue weighted by atomic mass is 35.5. The second-order valence-corrected chi connectivity index (χ2v) is 16.6. The first-order valence-corrected chi connectivity index (χ1v) is 21.1. The van der Waals surface area contributed by atoms with E-state index in [2.05, 4.69) is 10.4 Å². The average Bonchev–Trinajstić information content (AvgIpc) is 3.76. The fourth-order valence-corrected chi connectivity index (χ4v) is 8.97. The van der Waals surface area contributed by atoms with Crippen molar-refractivity contribution < 1.29 is 28.9 Å². The quantitative estimate of drug-likeness (QED) is 0.0320. The van der Waals surface area contributed by atoms with Gasteiger partial charge in [0.1, 0.15) is 29.5 Å². The molecule has 0 bridgehead atoms. The molecule has 3 aromatic heterocycles. The van der Waals surface area contributed by atoms with Crippen molar-refractivity contribution in [2.24, 2.45) is 5.84 Å². The second kappa shape index (κ2) is 18.2. The highest BCUT2D eigenvalue weighted by molar-refractivity contribution is 6.37. The normalized spacial score (nSPS) is 14.3. The standard InChI is InChI=1S/C47H51Cl2N7O6/c1-25-12-13-52-32(17-25)24-54-39(47(58)59)21-31-20-34(62-16-15-60-7)22-38(43(31)54)55-23-28(4)56-44-36(10-11-37(48)41(44)40(29(5)50)30(6)53-51)35(45(56)46(55)57)9-8-14-61-33-18-26(2)42(49)27(3)19-33/h10-13,17-22,28,50,53H,8-9,14-16,23-24,51H2,1-7H3,(H,58,59)/b40-30+,50-29?/t28-/m1/s1. The maximum absolute atomic E-state index is 15.6. The Morgan fingerprint density at radius 1 is 0.984 bits per heavy atom. The third-order valence-electron chi connectivity index (χ3n) is 11.3. The molecule has 0 aliphatic carbocycles. The van der Waals surface area contributed by atoms with Crippen LogP contribution in [-0.2, 0) is 17.7 Å². The number of methoxy groups -OCH3 is 1. The van der Waals surface area contributed by atoms with E-state index in [1.54, 1.807) is 60.9 Å². The number of benzene rings is 3. The SMILES string of the molecule is COCCOc1cc(N2C[C@@H](C)n3c(c(CCCOc4cc(C)c(Cl)c(C)c4)c4ccc(Cl)c(/C(C(C)=N)=C(\C)NN)c43)C2=O)c2c(c1)cc(C(=O)O)n2Cc1cc(C)ccn1. The van der Waals surface area contributed by atoms with Crippen molar-refractivity contribution in [3.8, 4) is 11.5 Å². The van der Waals surface area contributed by atoms with Gasteiger partial charge in [-0.3, -0.25) is 15.6 Å². The molecule has 0 fully saturated rings. The number of nitrogens with one attached hydrogen (secondary N) is 2. The number of aryl methyl sites for hydroxylation is 4. The molecule has 1 amide bonds. The molecule has 3 aromatic carbocycles. The van der Waals surface area contributed by atoms with E-state index < -0.39 is 5.97 Å². The summed E-state index contributed by atoms with van der Waals surface area (Å²) in [6.07, 6.45) is 2.72. The first-order valence-electron chi connectivity index (χ1n) is 20.4. The minimum Gasteiger partial charge on any atom is -0.494 e. The maximum Gasteiger partial charge on any atom is 0.352 e. The summed E-state index contributed by atoms with van der Waals surface area (Å²) in [5, 5.41) is 21.9. The number of rotatable bonds is 16. The number of carbonyl (C=O) groups excluding carboxylic acids is 1. The minimum atomic E-state index is -1.12. The smallest absolute Gasteiger partial charge is 0.352 e.